The predicted octanol–water partition coefficient (Wildman–Crippen LogP) is 5.24. The van der Waals surface area contributed by atoms with Crippen LogP contribution in [-0.4, -0.2) is 25.5 Å². The molecule has 0 aliphatic carbocycles. The Morgan fingerprint density at radius 1 is 1.07 bits per heavy atom. The van der Waals surface area contributed by atoms with Gasteiger partial charge in [-0.2, -0.15) is 0 Å². The molecule has 0 radical (unpaired) electrons. The number of carbonyl (C=O) groups is 1. The molecule has 0 aliphatic heterocycles. The van der Waals surface area contributed by atoms with Crippen LogP contribution in [0.5, 0.6) is 5.75 Å². The fourth-order valence-electron chi connectivity index (χ4n) is 3.17. The third-order valence-corrected chi connectivity index (χ3v) is 4.28. The average molecular weight is 361 g/mol. The molecule has 1 aromatic heterocycles. The van der Waals surface area contributed by atoms with Crippen molar-refractivity contribution in [2.75, 3.05) is 24.6 Å². The molecule has 0 atom stereocenters. The molecule has 2 aromatic carbocycles. The summed E-state index contributed by atoms with van der Waals surface area (Å²) in [5, 5.41) is 0.800. The summed E-state index contributed by atoms with van der Waals surface area (Å²) in [5.41, 5.74) is 2.54. The van der Waals surface area contributed by atoms with E-state index < -0.39 is 0 Å². The van der Waals surface area contributed by atoms with Gasteiger partial charge in [0.05, 0.1) is 17.9 Å². The molecular formula is C23H23NO3. The maximum atomic E-state index is 13.4. The lowest BCUT2D eigenvalue weighted by Crippen LogP contribution is -2.26. The molecule has 0 unspecified atom stereocenters. The summed E-state index contributed by atoms with van der Waals surface area (Å²) in [6.07, 6.45) is 5.12. The highest BCUT2D eigenvalue weighted by Crippen LogP contribution is 2.35. The molecule has 0 fully saturated rings. The van der Waals surface area contributed by atoms with Gasteiger partial charge in [0, 0.05) is 24.0 Å². The van der Waals surface area contributed by atoms with Gasteiger partial charge < -0.3 is 14.1 Å². The molecule has 0 saturated carbocycles. The number of benzene rings is 2. The Bertz CT molecular complexity index is 961. The van der Waals surface area contributed by atoms with Crippen LogP contribution in [-0.2, 0) is 0 Å². The van der Waals surface area contributed by atoms with Gasteiger partial charge in [0.2, 0.25) is 0 Å². The van der Waals surface area contributed by atoms with Crippen molar-refractivity contribution in [1.29, 1.82) is 0 Å². The number of para-hydroxylation sites is 2. The van der Waals surface area contributed by atoms with E-state index in [1.807, 2.05) is 54.3 Å². The molecule has 0 aliphatic rings. The van der Waals surface area contributed by atoms with Gasteiger partial charge in [0.25, 0.3) is 0 Å². The normalized spacial score (nSPS) is 10.6. The fourth-order valence-corrected chi connectivity index (χ4v) is 3.17. The van der Waals surface area contributed by atoms with Crippen molar-refractivity contribution in [2.45, 2.75) is 6.92 Å². The number of ether oxygens (including phenoxy) is 1. The number of anilines is 1. The fraction of sp³-hybridized carbons (Fsp3) is 0.174. The number of carbonyl (C=O) groups excluding carboxylic acids is 1. The number of hydrogen-bond donors (Lipinski definition) is 0. The van der Waals surface area contributed by atoms with Crippen LogP contribution >= 0.6 is 0 Å². The van der Waals surface area contributed by atoms with Crippen molar-refractivity contribution in [3.05, 3.63) is 85.2 Å². The minimum absolute atomic E-state index is 0.102. The Morgan fingerprint density at radius 3 is 2.52 bits per heavy atom. The molecule has 27 heavy (non-hydrogen) atoms. The number of ketones is 1. The van der Waals surface area contributed by atoms with Crippen molar-refractivity contribution in [1.82, 2.24) is 0 Å². The van der Waals surface area contributed by atoms with Crippen molar-refractivity contribution in [3.63, 3.8) is 0 Å². The zero-order valence-corrected chi connectivity index (χ0v) is 15.5. The van der Waals surface area contributed by atoms with Crippen LogP contribution in [0.1, 0.15) is 22.8 Å². The zero-order valence-electron chi connectivity index (χ0n) is 15.5. The lowest BCUT2D eigenvalue weighted by Gasteiger charge is -2.26. The van der Waals surface area contributed by atoms with E-state index in [2.05, 4.69) is 13.2 Å². The third-order valence-electron chi connectivity index (χ3n) is 4.28. The van der Waals surface area contributed by atoms with Gasteiger partial charge in [0.1, 0.15) is 17.6 Å². The number of fused-ring (bicyclic) bond motifs is 1. The van der Waals surface area contributed by atoms with Gasteiger partial charge in [-0.3, -0.25) is 4.79 Å². The van der Waals surface area contributed by atoms with Crippen molar-refractivity contribution in [2.24, 2.45) is 0 Å². The van der Waals surface area contributed by atoms with Crippen LogP contribution < -0.4 is 9.64 Å². The molecular weight excluding hydrogens is 338 g/mol. The highest BCUT2D eigenvalue weighted by molar-refractivity contribution is 6.18. The molecule has 1 heterocycles. The van der Waals surface area contributed by atoms with Gasteiger partial charge in [-0.1, -0.05) is 36.4 Å². The van der Waals surface area contributed by atoms with E-state index in [-0.39, 0.29) is 5.78 Å². The van der Waals surface area contributed by atoms with E-state index in [4.69, 9.17) is 9.15 Å². The second kappa shape index (κ2) is 8.41. The van der Waals surface area contributed by atoms with Gasteiger partial charge >= 0.3 is 0 Å². The molecule has 3 aromatic rings. The lowest BCUT2D eigenvalue weighted by atomic mass is 9.99. The van der Waals surface area contributed by atoms with E-state index in [1.54, 1.807) is 12.2 Å². The van der Waals surface area contributed by atoms with Crippen molar-refractivity contribution < 1.29 is 13.9 Å². The summed E-state index contributed by atoms with van der Waals surface area (Å²) >= 11 is 0. The highest BCUT2D eigenvalue weighted by Gasteiger charge is 2.23. The molecule has 0 saturated heterocycles. The Labute approximate surface area is 159 Å². The zero-order chi connectivity index (χ0) is 19.2. The third kappa shape index (κ3) is 3.65. The molecule has 0 N–H and O–H groups in total. The summed E-state index contributed by atoms with van der Waals surface area (Å²) in [4.78, 5) is 15.4. The molecule has 0 spiro atoms. The van der Waals surface area contributed by atoms with Crippen LogP contribution in [0.15, 0.2) is 78.5 Å². The average Bonchev–Trinajstić information content (AvgIpc) is 3.11. The predicted molar refractivity (Wildman–Crippen MR) is 110 cm³/mol. The molecule has 138 valence electrons. The van der Waals surface area contributed by atoms with Gasteiger partial charge in [-0.25, -0.2) is 0 Å². The second-order valence-electron chi connectivity index (χ2n) is 6.04. The van der Waals surface area contributed by atoms with E-state index in [9.17, 15) is 4.79 Å². The number of rotatable bonds is 9. The first kappa shape index (κ1) is 18.5. The van der Waals surface area contributed by atoms with Gasteiger partial charge in [0.15, 0.2) is 5.78 Å². The SMILES string of the molecule is C=CCN(CC=C)c1c(OCC)cccc1C(=O)c1coc2ccccc12. The van der Waals surface area contributed by atoms with Crippen molar-refractivity contribution >= 4 is 22.4 Å². The monoisotopic (exact) mass is 361 g/mol. The van der Waals surface area contributed by atoms with E-state index in [1.165, 1.54) is 6.26 Å². The van der Waals surface area contributed by atoms with Gasteiger partial charge in [-0.05, 0) is 25.1 Å². The summed E-state index contributed by atoms with van der Waals surface area (Å²) in [7, 11) is 0. The van der Waals surface area contributed by atoms with E-state index >= 15 is 0 Å². The smallest absolute Gasteiger partial charge is 0.199 e. The van der Waals surface area contributed by atoms with Gasteiger partial charge in [-0.15, -0.1) is 13.2 Å². The van der Waals surface area contributed by atoms with E-state index in [0.29, 0.717) is 42.2 Å². The number of hydrogen-bond acceptors (Lipinski definition) is 4. The standard InChI is InChI=1S/C23H23NO3/c1-4-14-24(15-5-2)22-18(11-9-13-21(22)26-6-3)23(25)19-16-27-20-12-8-7-10-17(19)20/h4-5,7-13,16H,1-2,6,14-15H2,3H3. The van der Waals surface area contributed by atoms with E-state index in [0.717, 1.165) is 11.1 Å². The van der Waals surface area contributed by atoms with Crippen LogP contribution in [0, 0.1) is 0 Å². The molecule has 0 bridgehead atoms. The van der Waals surface area contributed by atoms with Crippen LogP contribution in [0.2, 0.25) is 0 Å². The number of nitrogens with zero attached hydrogens (tertiary/aromatic N) is 1. The topological polar surface area (TPSA) is 42.7 Å². The molecule has 0 amide bonds. The summed E-state index contributed by atoms with van der Waals surface area (Å²) in [5.74, 6) is 0.564. The summed E-state index contributed by atoms with van der Waals surface area (Å²) < 4.78 is 11.4. The minimum Gasteiger partial charge on any atom is -0.492 e. The largest absolute Gasteiger partial charge is 0.492 e. The first-order valence-corrected chi connectivity index (χ1v) is 8.94. The molecule has 4 nitrogen and oxygen atoms in total. The lowest BCUT2D eigenvalue weighted by molar-refractivity contribution is 0.103. The Balaban J connectivity index is 2.16. The second-order valence-corrected chi connectivity index (χ2v) is 6.04. The Kier molecular flexibility index (Phi) is 5.77. The number of furan rings is 1. The molecule has 4 heteroatoms. The first-order chi connectivity index (χ1) is 13.2. The van der Waals surface area contributed by atoms with Crippen LogP contribution in [0.4, 0.5) is 5.69 Å². The molecule has 3 rings (SSSR count). The summed E-state index contributed by atoms with van der Waals surface area (Å²) in [6, 6.07) is 13.1. The Hall–Kier alpha value is -3.27. The maximum Gasteiger partial charge on any atom is 0.199 e. The quantitative estimate of drug-likeness (QED) is 0.386. The minimum atomic E-state index is -0.102. The Morgan fingerprint density at radius 2 is 1.81 bits per heavy atom. The van der Waals surface area contributed by atoms with Crippen LogP contribution in [0.25, 0.3) is 11.0 Å². The van der Waals surface area contributed by atoms with Crippen molar-refractivity contribution in [3.8, 4) is 5.75 Å². The summed E-state index contributed by atoms with van der Waals surface area (Å²) in [6.45, 7) is 11.2. The maximum absolute atomic E-state index is 13.4. The first-order valence-electron chi connectivity index (χ1n) is 8.94. The highest BCUT2D eigenvalue weighted by atomic mass is 16.5. The van der Waals surface area contributed by atoms with Crippen LogP contribution in [0.3, 0.4) is 0 Å².